The van der Waals surface area contributed by atoms with Crippen LogP contribution in [0.25, 0.3) is 11.1 Å². The predicted octanol–water partition coefficient (Wildman–Crippen LogP) is 2.83. The van der Waals surface area contributed by atoms with Crippen LogP contribution in [0.15, 0.2) is 45.9 Å². The third kappa shape index (κ3) is 3.86. The van der Waals surface area contributed by atoms with E-state index < -0.39 is 0 Å². The molecule has 1 aliphatic heterocycles. The summed E-state index contributed by atoms with van der Waals surface area (Å²) in [6, 6.07) is 4.17. The molecule has 30 heavy (non-hydrogen) atoms. The van der Waals surface area contributed by atoms with Crippen LogP contribution in [0.1, 0.15) is 23.1 Å². The number of nitrogens with one attached hydrogen (secondary N) is 1. The summed E-state index contributed by atoms with van der Waals surface area (Å²) < 4.78 is 15.5. The Morgan fingerprint density at radius 2 is 2.17 bits per heavy atom. The number of carbonyl (C=O) groups is 1. The minimum atomic E-state index is -0.315. The number of anilines is 1. The number of hydrogen-bond donors (Lipinski definition) is 2. The minimum absolute atomic E-state index is 0.0304. The highest BCUT2D eigenvalue weighted by atomic mass is 32.1. The number of amides is 1. The molecule has 0 fully saturated rings. The van der Waals surface area contributed by atoms with Gasteiger partial charge in [-0.3, -0.25) is 9.36 Å². The smallest absolute Gasteiger partial charge is 0.327 e. The molecule has 0 unspecified atom stereocenters. The van der Waals surface area contributed by atoms with E-state index in [1.165, 1.54) is 15.6 Å². The van der Waals surface area contributed by atoms with E-state index in [1.54, 1.807) is 11.3 Å². The highest BCUT2D eigenvalue weighted by molar-refractivity contribution is 7.08. The lowest BCUT2D eigenvalue weighted by Gasteiger charge is -2.20. The molecular weight excluding hydrogens is 405 g/mol. The van der Waals surface area contributed by atoms with E-state index in [9.17, 15) is 14.0 Å². The molecule has 1 aliphatic rings. The van der Waals surface area contributed by atoms with Gasteiger partial charge in [-0.15, -0.1) is 0 Å². The largest absolute Gasteiger partial charge is 0.346 e. The van der Waals surface area contributed by atoms with Gasteiger partial charge in [-0.1, -0.05) is 0 Å². The summed E-state index contributed by atoms with van der Waals surface area (Å²) in [4.78, 5) is 24.3. The topological polar surface area (TPSA) is 94.9 Å². The van der Waals surface area contributed by atoms with Crippen molar-refractivity contribution in [2.45, 2.75) is 32.9 Å². The molecule has 0 spiro atoms. The number of rotatable bonds is 6. The Morgan fingerprint density at radius 3 is 2.93 bits per heavy atom. The second-order valence-electron chi connectivity index (χ2n) is 7.36. The van der Waals surface area contributed by atoms with Crippen LogP contribution in [-0.2, 0) is 24.3 Å². The number of aryl methyl sites for hydroxylation is 2. The third-order valence-corrected chi connectivity index (χ3v) is 6.06. The molecule has 0 saturated heterocycles. The van der Waals surface area contributed by atoms with Gasteiger partial charge in [0.2, 0.25) is 5.91 Å². The summed E-state index contributed by atoms with van der Waals surface area (Å²) in [5, 5.41) is 11.1. The second-order valence-corrected chi connectivity index (χ2v) is 8.10. The summed E-state index contributed by atoms with van der Waals surface area (Å²) in [5.74, 6) is 0.0476. The van der Waals surface area contributed by atoms with Crippen molar-refractivity contribution in [1.82, 2.24) is 14.3 Å². The number of fused-ring (bicyclic) bond motifs is 1. The van der Waals surface area contributed by atoms with Gasteiger partial charge in [-0.2, -0.15) is 16.4 Å². The van der Waals surface area contributed by atoms with Crippen LogP contribution < -0.4 is 16.7 Å². The van der Waals surface area contributed by atoms with E-state index >= 15 is 0 Å². The van der Waals surface area contributed by atoms with Crippen molar-refractivity contribution in [1.29, 1.82) is 0 Å². The van der Waals surface area contributed by atoms with Crippen molar-refractivity contribution >= 4 is 22.9 Å². The molecule has 3 aromatic rings. The molecule has 1 aromatic carbocycles. The summed E-state index contributed by atoms with van der Waals surface area (Å²) >= 11 is 1.57. The lowest BCUT2D eigenvalue weighted by molar-refractivity contribution is -0.116. The molecule has 0 bridgehead atoms. The molecular formula is C21H22FN5O2S. The average Bonchev–Trinajstić information content (AvgIpc) is 3.34. The first-order chi connectivity index (χ1) is 14.5. The maximum atomic E-state index is 12.8. The first-order valence-electron chi connectivity index (χ1n) is 9.59. The molecule has 0 radical (unpaired) electrons. The van der Waals surface area contributed by atoms with E-state index in [-0.39, 0.29) is 24.7 Å². The summed E-state index contributed by atoms with van der Waals surface area (Å²) in [5.41, 5.74) is 11.6. The van der Waals surface area contributed by atoms with Crippen LogP contribution in [-0.4, -0.2) is 26.8 Å². The fourth-order valence-corrected chi connectivity index (χ4v) is 4.51. The predicted molar refractivity (Wildman–Crippen MR) is 115 cm³/mol. The van der Waals surface area contributed by atoms with Gasteiger partial charge in [0, 0.05) is 18.7 Å². The highest BCUT2D eigenvalue weighted by Crippen LogP contribution is 2.35. The second kappa shape index (κ2) is 8.37. The molecule has 2 aromatic heterocycles. The van der Waals surface area contributed by atoms with Gasteiger partial charge in [0.25, 0.3) is 0 Å². The molecule has 0 atom stereocenters. The van der Waals surface area contributed by atoms with E-state index in [0.29, 0.717) is 31.3 Å². The van der Waals surface area contributed by atoms with Crippen LogP contribution in [0.3, 0.4) is 0 Å². The molecule has 156 valence electrons. The van der Waals surface area contributed by atoms with Crippen molar-refractivity contribution in [3.8, 4) is 11.1 Å². The third-order valence-electron chi connectivity index (χ3n) is 5.26. The van der Waals surface area contributed by atoms with Crippen LogP contribution in [0.5, 0.6) is 0 Å². The molecule has 3 heterocycles. The first kappa shape index (κ1) is 20.2. The SMILES string of the molecule is Cc1cc(-c2cscc2Cn2cnn(C/C(=C/F)CN)c2=O)cc2c1NC(=O)CC2. The van der Waals surface area contributed by atoms with Crippen LogP contribution in [0.2, 0.25) is 0 Å². The van der Waals surface area contributed by atoms with Crippen LogP contribution in [0.4, 0.5) is 10.1 Å². The molecule has 9 heteroatoms. The van der Waals surface area contributed by atoms with Gasteiger partial charge < -0.3 is 11.1 Å². The number of hydrogen-bond acceptors (Lipinski definition) is 5. The standard InChI is InChI=1S/C21H22FN5O2S/c1-13-4-16(5-15-2-3-19(28)25-20(13)15)18-11-30-10-17(18)9-26-12-24-27(21(26)29)8-14(6-22)7-23/h4-6,10-12H,2-3,7-9,23H2,1H3,(H,25,28)/b14-6+. The molecule has 3 N–H and O–H groups in total. The van der Waals surface area contributed by atoms with Crippen LogP contribution in [0, 0.1) is 6.92 Å². The average molecular weight is 428 g/mol. The maximum absolute atomic E-state index is 12.8. The maximum Gasteiger partial charge on any atom is 0.346 e. The van der Waals surface area contributed by atoms with Crippen LogP contribution >= 0.6 is 11.3 Å². The zero-order valence-corrected chi connectivity index (χ0v) is 17.3. The Balaban J connectivity index is 1.63. The van der Waals surface area contributed by atoms with Gasteiger partial charge in [0.05, 0.1) is 19.4 Å². The van der Waals surface area contributed by atoms with Crippen molar-refractivity contribution in [2.24, 2.45) is 5.73 Å². The lowest BCUT2D eigenvalue weighted by atomic mass is 9.93. The number of aromatic nitrogens is 3. The number of halogens is 1. The van der Waals surface area contributed by atoms with Crippen molar-refractivity contribution < 1.29 is 9.18 Å². The zero-order chi connectivity index (χ0) is 21.3. The monoisotopic (exact) mass is 427 g/mol. The quantitative estimate of drug-likeness (QED) is 0.632. The normalized spacial score (nSPS) is 14.0. The number of benzene rings is 1. The molecule has 7 nitrogen and oxygen atoms in total. The van der Waals surface area contributed by atoms with Gasteiger partial charge in [-0.25, -0.2) is 13.9 Å². The zero-order valence-electron chi connectivity index (χ0n) is 16.5. The fraction of sp³-hybridized carbons (Fsp3) is 0.286. The number of thiophene rings is 1. The number of nitrogens with two attached hydrogens (primary N) is 1. The van der Waals surface area contributed by atoms with Crippen molar-refractivity contribution in [3.05, 3.63) is 68.3 Å². The number of nitrogens with zero attached hydrogens (tertiary/aromatic N) is 3. The van der Waals surface area contributed by atoms with E-state index in [0.717, 1.165) is 33.5 Å². The minimum Gasteiger partial charge on any atom is -0.327 e. The Bertz CT molecular complexity index is 1190. The highest BCUT2D eigenvalue weighted by Gasteiger charge is 2.19. The molecule has 4 rings (SSSR count). The molecule has 1 amide bonds. The fourth-order valence-electron chi connectivity index (χ4n) is 3.65. The van der Waals surface area contributed by atoms with E-state index in [4.69, 9.17) is 5.73 Å². The number of carbonyl (C=O) groups excluding carboxylic acids is 1. The van der Waals surface area contributed by atoms with Gasteiger partial charge in [0.1, 0.15) is 6.33 Å². The molecule has 0 saturated carbocycles. The Hall–Kier alpha value is -3.04. The summed E-state index contributed by atoms with van der Waals surface area (Å²) in [6.45, 7) is 2.41. The Morgan fingerprint density at radius 1 is 1.33 bits per heavy atom. The lowest BCUT2D eigenvalue weighted by Crippen LogP contribution is -2.27. The molecule has 0 aliphatic carbocycles. The van der Waals surface area contributed by atoms with Gasteiger partial charge >= 0.3 is 5.69 Å². The van der Waals surface area contributed by atoms with Gasteiger partial charge in [-0.05, 0) is 69.6 Å². The first-order valence-corrected chi connectivity index (χ1v) is 10.5. The Kier molecular flexibility index (Phi) is 5.65. The van der Waals surface area contributed by atoms with Crippen molar-refractivity contribution in [2.75, 3.05) is 11.9 Å². The van der Waals surface area contributed by atoms with Crippen molar-refractivity contribution in [3.63, 3.8) is 0 Å². The van der Waals surface area contributed by atoms with Gasteiger partial charge in [0.15, 0.2) is 0 Å². The Labute approximate surface area is 176 Å². The summed E-state index contributed by atoms with van der Waals surface area (Å²) in [7, 11) is 0. The summed E-state index contributed by atoms with van der Waals surface area (Å²) in [6.07, 6.45) is 3.08. The van der Waals surface area contributed by atoms with E-state index in [2.05, 4.69) is 27.9 Å². The van der Waals surface area contributed by atoms with E-state index in [1.807, 2.05) is 12.3 Å².